The van der Waals surface area contributed by atoms with E-state index in [2.05, 4.69) is 15.6 Å². The van der Waals surface area contributed by atoms with Gasteiger partial charge in [0.15, 0.2) is 0 Å². The van der Waals surface area contributed by atoms with Crippen LogP contribution in [0.5, 0.6) is 0 Å². The highest BCUT2D eigenvalue weighted by atomic mass is 35.5. The molecule has 0 radical (unpaired) electrons. The minimum atomic E-state index is 0. The molecule has 7 heteroatoms. The third-order valence-corrected chi connectivity index (χ3v) is 4.16. The molecule has 1 aliphatic rings. The molecule has 21 heavy (non-hydrogen) atoms. The Labute approximate surface area is 143 Å². The number of hydrogen-bond donors (Lipinski definition) is 2. The van der Waals surface area contributed by atoms with Gasteiger partial charge in [0.25, 0.3) is 0 Å². The van der Waals surface area contributed by atoms with Crippen molar-refractivity contribution in [2.45, 2.75) is 18.6 Å². The van der Waals surface area contributed by atoms with Crippen molar-refractivity contribution in [2.75, 3.05) is 25.4 Å². The number of pyridine rings is 1. The van der Waals surface area contributed by atoms with Crippen molar-refractivity contribution < 1.29 is 4.79 Å². The van der Waals surface area contributed by atoms with E-state index in [0.717, 1.165) is 31.1 Å². The first-order valence-electron chi connectivity index (χ1n) is 6.79. The van der Waals surface area contributed by atoms with Crippen LogP contribution in [0.25, 0.3) is 0 Å². The second kappa shape index (κ2) is 12.1. The number of halogens is 2. The first-order chi connectivity index (χ1) is 9.34. The molecular formula is C14H23Cl2N3OS. The Bertz CT molecular complexity index is 389. The minimum Gasteiger partial charge on any atom is -0.355 e. The van der Waals surface area contributed by atoms with Crippen molar-refractivity contribution in [3.63, 3.8) is 0 Å². The fourth-order valence-electron chi connectivity index (χ4n) is 2.14. The zero-order valence-corrected chi connectivity index (χ0v) is 14.4. The van der Waals surface area contributed by atoms with Crippen LogP contribution in [0.4, 0.5) is 0 Å². The molecule has 120 valence electrons. The van der Waals surface area contributed by atoms with E-state index in [9.17, 15) is 4.79 Å². The molecule has 1 atom stereocenters. The Balaban J connectivity index is 0.00000200. The molecule has 0 bridgehead atoms. The summed E-state index contributed by atoms with van der Waals surface area (Å²) >= 11 is 1.61. The van der Waals surface area contributed by atoms with Gasteiger partial charge in [-0.2, -0.15) is 0 Å². The third-order valence-electron chi connectivity index (χ3n) is 3.20. The van der Waals surface area contributed by atoms with E-state index >= 15 is 0 Å². The number of aromatic nitrogens is 1. The lowest BCUT2D eigenvalue weighted by Crippen LogP contribution is -2.38. The summed E-state index contributed by atoms with van der Waals surface area (Å²) < 4.78 is 0. The van der Waals surface area contributed by atoms with Crippen LogP contribution in [0, 0.1) is 5.92 Å². The monoisotopic (exact) mass is 351 g/mol. The van der Waals surface area contributed by atoms with Crippen molar-refractivity contribution in [3.05, 3.63) is 30.1 Å². The van der Waals surface area contributed by atoms with Crippen LogP contribution in [-0.2, 0) is 10.5 Å². The van der Waals surface area contributed by atoms with E-state index in [0.29, 0.717) is 11.7 Å². The predicted molar refractivity (Wildman–Crippen MR) is 93.5 cm³/mol. The van der Waals surface area contributed by atoms with Crippen LogP contribution < -0.4 is 10.6 Å². The van der Waals surface area contributed by atoms with E-state index in [1.807, 2.05) is 18.2 Å². The number of nitrogens with zero attached hydrogens (tertiary/aromatic N) is 1. The van der Waals surface area contributed by atoms with E-state index < -0.39 is 0 Å². The van der Waals surface area contributed by atoms with Gasteiger partial charge in [0, 0.05) is 18.5 Å². The lowest BCUT2D eigenvalue weighted by molar-refractivity contribution is -0.118. The maximum Gasteiger partial charge on any atom is 0.230 e. The van der Waals surface area contributed by atoms with E-state index in [1.54, 1.807) is 18.0 Å². The molecule has 2 N–H and O–H groups in total. The number of thioether (sulfide) groups is 1. The fourth-order valence-corrected chi connectivity index (χ4v) is 2.91. The molecule has 0 aromatic carbocycles. The van der Waals surface area contributed by atoms with E-state index in [4.69, 9.17) is 0 Å². The summed E-state index contributed by atoms with van der Waals surface area (Å²) in [7, 11) is 0. The zero-order chi connectivity index (χ0) is 13.3. The lowest BCUT2D eigenvalue weighted by atomic mass is 10.00. The number of nitrogens with one attached hydrogen (secondary N) is 2. The van der Waals surface area contributed by atoms with Gasteiger partial charge in [-0.15, -0.1) is 36.6 Å². The van der Waals surface area contributed by atoms with Crippen LogP contribution >= 0.6 is 36.6 Å². The van der Waals surface area contributed by atoms with Gasteiger partial charge >= 0.3 is 0 Å². The van der Waals surface area contributed by atoms with Gasteiger partial charge in [0.1, 0.15) is 0 Å². The summed E-state index contributed by atoms with van der Waals surface area (Å²) in [5.41, 5.74) is 1.02. The third kappa shape index (κ3) is 8.51. The Hall–Kier alpha value is -0.490. The summed E-state index contributed by atoms with van der Waals surface area (Å²) in [6.07, 6.45) is 4.22. The van der Waals surface area contributed by atoms with Crippen molar-refractivity contribution in [2.24, 2.45) is 5.92 Å². The van der Waals surface area contributed by atoms with E-state index in [1.165, 1.54) is 12.8 Å². The number of amides is 1. The van der Waals surface area contributed by atoms with Crippen LogP contribution in [0.1, 0.15) is 18.5 Å². The number of carbonyl (C=O) groups is 1. The van der Waals surface area contributed by atoms with Gasteiger partial charge in [-0.1, -0.05) is 6.07 Å². The molecule has 1 aliphatic heterocycles. The number of piperidine rings is 1. The largest absolute Gasteiger partial charge is 0.355 e. The topological polar surface area (TPSA) is 54.0 Å². The predicted octanol–water partition coefficient (Wildman–Crippen LogP) is 2.27. The lowest BCUT2D eigenvalue weighted by Gasteiger charge is -2.22. The van der Waals surface area contributed by atoms with Crippen molar-refractivity contribution in [3.8, 4) is 0 Å². The zero-order valence-electron chi connectivity index (χ0n) is 11.9. The van der Waals surface area contributed by atoms with Crippen LogP contribution in [0.2, 0.25) is 0 Å². The number of carbonyl (C=O) groups excluding carboxylic acids is 1. The molecule has 0 aliphatic carbocycles. The maximum absolute atomic E-state index is 11.7. The smallest absolute Gasteiger partial charge is 0.230 e. The molecule has 1 amide bonds. The molecule has 1 fully saturated rings. The van der Waals surface area contributed by atoms with E-state index in [-0.39, 0.29) is 30.7 Å². The Morgan fingerprint density at radius 3 is 2.95 bits per heavy atom. The van der Waals surface area contributed by atoms with Crippen LogP contribution in [0.3, 0.4) is 0 Å². The molecular weight excluding hydrogens is 329 g/mol. The first-order valence-corrected chi connectivity index (χ1v) is 7.95. The molecule has 1 aromatic rings. The van der Waals surface area contributed by atoms with Gasteiger partial charge in [0.05, 0.1) is 11.4 Å². The average molecular weight is 352 g/mol. The molecule has 4 nitrogen and oxygen atoms in total. The highest BCUT2D eigenvalue weighted by molar-refractivity contribution is 7.99. The Morgan fingerprint density at radius 1 is 1.43 bits per heavy atom. The van der Waals surface area contributed by atoms with Gasteiger partial charge < -0.3 is 10.6 Å². The first kappa shape index (κ1) is 20.5. The highest BCUT2D eigenvalue weighted by Gasteiger charge is 2.13. The summed E-state index contributed by atoms with van der Waals surface area (Å²) in [4.78, 5) is 15.9. The fraction of sp³-hybridized carbons (Fsp3) is 0.571. The van der Waals surface area contributed by atoms with Gasteiger partial charge in [-0.25, -0.2) is 0 Å². The van der Waals surface area contributed by atoms with Gasteiger partial charge in [-0.3, -0.25) is 9.78 Å². The SMILES string of the molecule is Cl.Cl.O=C(CSCc1ccccn1)NCC1CCCNC1. The summed E-state index contributed by atoms with van der Waals surface area (Å²) in [5.74, 6) is 2.03. The van der Waals surface area contributed by atoms with Gasteiger partial charge in [-0.05, 0) is 44.0 Å². The standard InChI is InChI=1S/C14H21N3OS.2ClH/c18-14(17-9-12-4-3-6-15-8-12)11-19-10-13-5-1-2-7-16-13;;/h1-2,5,7,12,15H,3-4,6,8-11H2,(H,17,18);2*1H. The number of hydrogen-bond acceptors (Lipinski definition) is 4. The molecule has 1 unspecified atom stereocenters. The second-order valence-corrected chi connectivity index (χ2v) is 5.82. The van der Waals surface area contributed by atoms with Crippen molar-refractivity contribution in [1.82, 2.24) is 15.6 Å². The molecule has 2 rings (SSSR count). The number of rotatable bonds is 6. The molecule has 0 saturated carbocycles. The molecule has 1 aromatic heterocycles. The average Bonchev–Trinajstić information content (AvgIpc) is 2.47. The Morgan fingerprint density at radius 2 is 2.29 bits per heavy atom. The molecule has 2 heterocycles. The Kier molecular flexibility index (Phi) is 11.8. The highest BCUT2D eigenvalue weighted by Crippen LogP contribution is 2.10. The van der Waals surface area contributed by atoms with Gasteiger partial charge in [0.2, 0.25) is 5.91 Å². The normalized spacial score (nSPS) is 17.2. The second-order valence-electron chi connectivity index (χ2n) is 4.83. The van der Waals surface area contributed by atoms with Crippen LogP contribution in [-0.4, -0.2) is 36.3 Å². The molecule has 0 spiro atoms. The van der Waals surface area contributed by atoms with Crippen molar-refractivity contribution in [1.29, 1.82) is 0 Å². The molecule has 1 saturated heterocycles. The quantitative estimate of drug-likeness (QED) is 0.825. The summed E-state index contributed by atoms with van der Waals surface area (Å²) in [5, 5.41) is 6.38. The summed E-state index contributed by atoms with van der Waals surface area (Å²) in [6.45, 7) is 2.95. The maximum atomic E-state index is 11.7. The summed E-state index contributed by atoms with van der Waals surface area (Å²) in [6, 6.07) is 5.86. The minimum absolute atomic E-state index is 0. The van der Waals surface area contributed by atoms with Crippen LogP contribution in [0.15, 0.2) is 24.4 Å². The van der Waals surface area contributed by atoms with Crippen molar-refractivity contribution >= 4 is 42.5 Å².